The van der Waals surface area contributed by atoms with Gasteiger partial charge in [-0.25, -0.2) is 0 Å². The van der Waals surface area contributed by atoms with Gasteiger partial charge in [0.25, 0.3) is 0 Å². The largest absolute Gasteiger partial charge is 0.449 e. The van der Waals surface area contributed by atoms with Crippen molar-refractivity contribution >= 4 is 5.97 Å². The van der Waals surface area contributed by atoms with Gasteiger partial charge in [0.05, 0.1) is 6.54 Å². The summed E-state index contributed by atoms with van der Waals surface area (Å²) in [7, 11) is 0. The Morgan fingerprint density at radius 3 is 2.89 bits per heavy atom. The first-order valence-electron chi connectivity index (χ1n) is 2.56. The van der Waals surface area contributed by atoms with E-state index in [1.165, 1.54) is 0 Å². The second-order valence-corrected chi connectivity index (χ2v) is 1.50. The average molecular weight is 127 g/mol. The Kier molecular flexibility index (Phi) is 3.49. The maximum atomic E-state index is 10.3. The fourth-order valence-corrected chi connectivity index (χ4v) is 0.279. The topological polar surface area (TPSA) is 52.3 Å². The van der Waals surface area contributed by atoms with Crippen LogP contribution in [0.25, 0.3) is 0 Å². The Balaban J connectivity index is 3.50. The maximum absolute atomic E-state index is 10.3. The van der Waals surface area contributed by atoms with E-state index in [9.17, 15) is 4.79 Å². The molecule has 0 saturated heterocycles. The summed E-state index contributed by atoms with van der Waals surface area (Å²) < 4.78 is 4.55. The van der Waals surface area contributed by atoms with Crippen molar-refractivity contribution in [3.63, 3.8) is 0 Å². The zero-order chi connectivity index (χ0) is 7.28. The van der Waals surface area contributed by atoms with Crippen LogP contribution in [0.1, 0.15) is 6.92 Å². The number of ether oxygens (including phenoxy) is 1. The van der Waals surface area contributed by atoms with Crippen LogP contribution < -0.4 is 5.73 Å². The molecule has 0 aliphatic carbocycles. The summed E-state index contributed by atoms with van der Waals surface area (Å²) in [6.07, 6.45) is 4.44. The molecule has 0 amide bonds. The van der Waals surface area contributed by atoms with E-state index in [1.54, 1.807) is 6.92 Å². The van der Waals surface area contributed by atoms with Gasteiger partial charge in [0.1, 0.15) is 0 Å². The minimum atomic E-state index is -0.472. The minimum absolute atomic E-state index is 0.119. The normalized spacial score (nSPS) is 11.7. The Hall–Kier alpha value is -1.01. The Morgan fingerprint density at radius 1 is 2.00 bits per heavy atom. The van der Waals surface area contributed by atoms with E-state index in [4.69, 9.17) is 12.2 Å². The molecule has 0 rings (SSSR count). The van der Waals surface area contributed by atoms with Gasteiger partial charge in [0.15, 0.2) is 6.10 Å². The molecule has 9 heavy (non-hydrogen) atoms. The van der Waals surface area contributed by atoms with Gasteiger partial charge in [-0.3, -0.25) is 4.79 Å². The molecule has 0 heterocycles. The van der Waals surface area contributed by atoms with E-state index < -0.39 is 12.1 Å². The van der Waals surface area contributed by atoms with Crippen molar-refractivity contribution in [1.29, 1.82) is 0 Å². The molecule has 0 spiro atoms. The molecule has 0 aliphatic rings. The van der Waals surface area contributed by atoms with Gasteiger partial charge in [-0.05, 0) is 6.92 Å². The highest BCUT2D eigenvalue weighted by atomic mass is 16.5. The molecule has 0 bridgehead atoms. The first kappa shape index (κ1) is 7.99. The van der Waals surface area contributed by atoms with Crippen molar-refractivity contribution in [1.82, 2.24) is 0 Å². The predicted molar refractivity (Wildman–Crippen MR) is 33.4 cm³/mol. The molecule has 0 fully saturated rings. The molecular weight excluding hydrogens is 118 g/mol. The minimum Gasteiger partial charge on any atom is -0.449 e. The molecule has 0 aromatic heterocycles. The van der Waals surface area contributed by atoms with Crippen LogP contribution in [-0.4, -0.2) is 18.6 Å². The molecule has 0 aromatic rings. The summed E-state index contributed by atoms with van der Waals surface area (Å²) >= 11 is 0. The van der Waals surface area contributed by atoms with E-state index in [0.717, 1.165) is 0 Å². The number of rotatable bonds is 2. The van der Waals surface area contributed by atoms with Crippen LogP contribution in [0.15, 0.2) is 0 Å². The lowest BCUT2D eigenvalue weighted by atomic mass is 10.4. The lowest BCUT2D eigenvalue weighted by Gasteiger charge is -2.03. The second-order valence-electron chi connectivity index (χ2n) is 1.50. The predicted octanol–water partition coefficient (Wildman–Crippen LogP) is -0.490. The number of carbonyl (C=O) groups excluding carboxylic acids is 1. The van der Waals surface area contributed by atoms with Gasteiger partial charge in [-0.2, -0.15) is 0 Å². The van der Waals surface area contributed by atoms with E-state index >= 15 is 0 Å². The van der Waals surface area contributed by atoms with Crippen molar-refractivity contribution in [2.75, 3.05) is 6.54 Å². The fraction of sp³-hybridized carbons (Fsp3) is 0.500. The first-order valence-corrected chi connectivity index (χ1v) is 2.56. The smallest absolute Gasteiger partial charge is 0.320 e. The van der Waals surface area contributed by atoms with Crippen LogP contribution in [0, 0.1) is 12.3 Å². The lowest BCUT2D eigenvalue weighted by molar-refractivity contribution is -0.143. The molecular formula is C6H9NO2. The van der Waals surface area contributed by atoms with E-state index in [2.05, 4.69) is 10.7 Å². The highest BCUT2D eigenvalue weighted by molar-refractivity contribution is 5.71. The van der Waals surface area contributed by atoms with E-state index in [-0.39, 0.29) is 6.54 Å². The monoisotopic (exact) mass is 127 g/mol. The number of esters is 1. The summed E-state index contributed by atoms with van der Waals surface area (Å²) in [5, 5.41) is 0. The Bertz CT molecular complexity index is 136. The standard InChI is InChI=1S/C6H9NO2/c1-3-5(2)9-6(8)4-7/h1,5H,4,7H2,2H3. The molecule has 2 N–H and O–H groups in total. The van der Waals surface area contributed by atoms with Crippen molar-refractivity contribution in [3.05, 3.63) is 0 Å². The van der Waals surface area contributed by atoms with Crippen LogP contribution >= 0.6 is 0 Å². The zero-order valence-electron chi connectivity index (χ0n) is 5.26. The third-order valence-electron chi connectivity index (χ3n) is 0.710. The maximum Gasteiger partial charge on any atom is 0.320 e. The summed E-state index contributed by atoms with van der Waals surface area (Å²) in [6.45, 7) is 1.49. The highest BCUT2D eigenvalue weighted by Crippen LogP contribution is 1.86. The van der Waals surface area contributed by atoms with Crippen LogP contribution in [-0.2, 0) is 9.53 Å². The highest BCUT2D eigenvalue weighted by Gasteiger charge is 2.01. The van der Waals surface area contributed by atoms with E-state index in [0.29, 0.717) is 0 Å². The third kappa shape index (κ3) is 3.56. The molecule has 1 atom stereocenters. The summed E-state index contributed by atoms with van der Waals surface area (Å²) in [4.78, 5) is 10.3. The first-order chi connectivity index (χ1) is 4.20. The molecule has 0 aliphatic heterocycles. The van der Waals surface area contributed by atoms with Crippen LogP contribution in [0.4, 0.5) is 0 Å². The van der Waals surface area contributed by atoms with Gasteiger partial charge in [0.2, 0.25) is 0 Å². The average Bonchev–Trinajstić information content (AvgIpc) is 1.87. The Labute approximate surface area is 54.2 Å². The van der Waals surface area contributed by atoms with Crippen molar-refractivity contribution in [2.24, 2.45) is 5.73 Å². The summed E-state index contributed by atoms with van der Waals surface area (Å²) in [5.41, 5.74) is 4.93. The molecule has 1 unspecified atom stereocenters. The summed E-state index contributed by atoms with van der Waals surface area (Å²) in [6, 6.07) is 0. The Morgan fingerprint density at radius 2 is 2.56 bits per heavy atom. The van der Waals surface area contributed by atoms with Crippen molar-refractivity contribution in [2.45, 2.75) is 13.0 Å². The fourth-order valence-electron chi connectivity index (χ4n) is 0.279. The third-order valence-corrected chi connectivity index (χ3v) is 0.710. The van der Waals surface area contributed by atoms with Crippen LogP contribution in [0.3, 0.4) is 0 Å². The molecule has 0 radical (unpaired) electrons. The number of hydrogen-bond donors (Lipinski definition) is 1. The molecule has 50 valence electrons. The van der Waals surface area contributed by atoms with E-state index in [1.807, 2.05) is 0 Å². The molecule has 0 saturated carbocycles. The van der Waals surface area contributed by atoms with Crippen molar-refractivity contribution < 1.29 is 9.53 Å². The van der Waals surface area contributed by atoms with Gasteiger partial charge in [0, 0.05) is 0 Å². The number of carbonyl (C=O) groups is 1. The second kappa shape index (κ2) is 3.93. The number of nitrogens with two attached hydrogens (primary N) is 1. The van der Waals surface area contributed by atoms with Crippen molar-refractivity contribution in [3.8, 4) is 12.3 Å². The summed E-state index contributed by atoms with van der Waals surface area (Å²) in [5.74, 6) is 1.76. The molecule has 0 aromatic carbocycles. The number of hydrogen-bond acceptors (Lipinski definition) is 3. The van der Waals surface area contributed by atoms with Crippen LogP contribution in [0.5, 0.6) is 0 Å². The number of terminal acetylenes is 1. The SMILES string of the molecule is C#CC(C)OC(=O)CN. The van der Waals surface area contributed by atoms with Gasteiger partial charge < -0.3 is 10.5 Å². The molecule has 3 nitrogen and oxygen atoms in total. The lowest BCUT2D eigenvalue weighted by Crippen LogP contribution is -2.20. The van der Waals surface area contributed by atoms with Gasteiger partial charge >= 0.3 is 5.97 Å². The van der Waals surface area contributed by atoms with Crippen LogP contribution in [0.2, 0.25) is 0 Å². The zero-order valence-corrected chi connectivity index (χ0v) is 5.26. The van der Waals surface area contributed by atoms with Gasteiger partial charge in [-0.1, -0.05) is 5.92 Å². The van der Waals surface area contributed by atoms with Gasteiger partial charge in [-0.15, -0.1) is 6.42 Å². The molecule has 3 heteroatoms. The quantitative estimate of drug-likeness (QED) is 0.402.